The van der Waals surface area contributed by atoms with E-state index < -0.39 is 0 Å². The van der Waals surface area contributed by atoms with Crippen LogP contribution in [0.5, 0.6) is 0 Å². The molecular weight excluding hydrogens is 296 g/mol. The van der Waals surface area contributed by atoms with Crippen molar-refractivity contribution >= 4 is 28.4 Å². The predicted molar refractivity (Wildman–Crippen MR) is 90.3 cm³/mol. The quantitative estimate of drug-likeness (QED) is 0.707. The van der Waals surface area contributed by atoms with E-state index in [1.54, 1.807) is 12.1 Å². The summed E-state index contributed by atoms with van der Waals surface area (Å²) in [6.07, 6.45) is 2.95. The summed E-state index contributed by atoms with van der Waals surface area (Å²) in [5, 5.41) is 4.63. The van der Waals surface area contributed by atoms with Gasteiger partial charge in [0.1, 0.15) is 0 Å². The van der Waals surface area contributed by atoms with Gasteiger partial charge in [-0.1, -0.05) is 41.9 Å². The lowest BCUT2D eigenvalue weighted by atomic mass is 10.2. The van der Waals surface area contributed by atoms with Gasteiger partial charge in [-0.3, -0.25) is 4.79 Å². The highest BCUT2D eigenvalue weighted by atomic mass is 35.5. The minimum absolute atomic E-state index is 0.122. The molecule has 0 aliphatic heterocycles. The van der Waals surface area contributed by atoms with Crippen LogP contribution in [0.4, 0.5) is 0 Å². The van der Waals surface area contributed by atoms with Gasteiger partial charge < -0.3 is 9.88 Å². The molecule has 22 heavy (non-hydrogen) atoms. The minimum atomic E-state index is -0.122. The lowest BCUT2D eigenvalue weighted by molar-refractivity contribution is 0.0953. The van der Waals surface area contributed by atoms with Gasteiger partial charge in [0.2, 0.25) is 0 Å². The highest BCUT2D eigenvalue weighted by molar-refractivity contribution is 6.33. The fraction of sp³-hybridized carbons (Fsp3) is 0.167. The number of hydrogen-bond acceptors (Lipinski definition) is 1. The van der Waals surface area contributed by atoms with Crippen molar-refractivity contribution < 1.29 is 4.79 Å². The second-order valence-corrected chi connectivity index (χ2v) is 5.56. The van der Waals surface area contributed by atoms with Crippen LogP contribution in [-0.4, -0.2) is 17.0 Å². The number of para-hydroxylation sites is 1. The topological polar surface area (TPSA) is 34.0 Å². The molecule has 3 rings (SSSR count). The molecule has 1 heterocycles. The molecule has 1 N–H and O–H groups in total. The number of fused-ring (bicyclic) bond motifs is 1. The third-order valence-corrected chi connectivity index (χ3v) is 3.99. The van der Waals surface area contributed by atoms with Crippen molar-refractivity contribution in [3.8, 4) is 0 Å². The van der Waals surface area contributed by atoms with E-state index in [1.165, 1.54) is 10.9 Å². The van der Waals surface area contributed by atoms with E-state index in [-0.39, 0.29) is 5.91 Å². The van der Waals surface area contributed by atoms with Gasteiger partial charge in [-0.25, -0.2) is 0 Å². The average molecular weight is 313 g/mol. The first kappa shape index (κ1) is 14.7. The summed E-state index contributed by atoms with van der Waals surface area (Å²) in [7, 11) is 0. The average Bonchev–Trinajstić information content (AvgIpc) is 2.95. The van der Waals surface area contributed by atoms with Crippen LogP contribution in [0.2, 0.25) is 5.02 Å². The van der Waals surface area contributed by atoms with Gasteiger partial charge in [0.25, 0.3) is 5.91 Å². The Bertz CT molecular complexity index is 794. The number of nitrogens with one attached hydrogen (secondary N) is 1. The van der Waals surface area contributed by atoms with Gasteiger partial charge in [-0.15, -0.1) is 0 Å². The van der Waals surface area contributed by atoms with E-state index in [4.69, 9.17) is 11.6 Å². The van der Waals surface area contributed by atoms with E-state index in [0.29, 0.717) is 17.1 Å². The summed E-state index contributed by atoms with van der Waals surface area (Å²) >= 11 is 6.01. The number of carbonyl (C=O) groups is 1. The lowest BCUT2D eigenvalue weighted by Crippen LogP contribution is -2.25. The Balaban J connectivity index is 1.54. The van der Waals surface area contributed by atoms with Gasteiger partial charge in [0.05, 0.1) is 10.6 Å². The first-order chi connectivity index (χ1) is 10.8. The summed E-state index contributed by atoms with van der Waals surface area (Å²) in [4.78, 5) is 12.0. The normalized spacial score (nSPS) is 10.8. The number of aromatic nitrogens is 1. The van der Waals surface area contributed by atoms with Crippen LogP contribution < -0.4 is 5.32 Å². The zero-order valence-corrected chi connectivity index (χ0v) is 12.9. The maximum Gasteiger partial charge on any atom is 0.252 e. The van der Waals surface area contributed by atoms with E-state index in [2.05, 4.69) is 34.3 Å². The SMILES string of the molecule is O=C(NCCCn1ccc2ccccc21)c1ccccc1Cl. The van der Waals surface area contributed by atoms with Crippen molar-refractivity contribution in [1.82, 2.24) is 9.88 Å². The van der Waals surface area contributed by atoms with Crippen molar-refractivity contribution in [1.29, 1.82) is 0 Å². The van der Waals surface area contributed by atoms with Crippen molar-refractivity contribution in [2.24, 2.45) is 0 Å². The third kappa shape index (κ3) is 3.15. The second-order valence-electron chi connectivity index (χ2n) is 5.16. The Morgan fingerprint density at radius 2 is 1.82 bits per heavy atom. The van der Waals surface area contributed by atoms with E-state index in [0.717, 1.165) is 13.0 Å². The van der Waals surface area contributed by atoms with Gasteiger partial charge in [-0.05, 0) is 36.1 Å². The number of rotatable bonds is 5. The van der Waals surface area contributed by atoms with Gasteiger partial charge >= 0.3 is 0 Å². The molecule has 2 aromatic carbocycles. The summed E-state index contributed by atoms with van der Waals surface area (Å²) in [6, 6.07) is 17.5. The maximum absolute atomic E-state index is 12.0. The summed E-state index contributed by atoms with van der Waals surface area (Å²) in [5.41, 5.74) is 1.75. The molecule has 0 saturated heterocycles. The molecule has 112 valence electrons. The second kappa shape index (κ2) is 6.67. The molecule has 0 aliphatic carbocycles. The molecule has 0 atom stereocenters. The zero-order chi connectivity index (χ0) is 15.4. The number of amides is 1. The fourth-order valence-corrected chi connectivity index (χ4v) is 2.75. The molecule has 0 saturated carbocycles. The third-order valence-electron chi connectivity index (χ3n) is 3.66. The summed E-state index contributed by atoms with van der Waals surface area (Å²) < 4.78 is 2.21. The van der Waals surface area contributed by atoms with Crippen LogP contribution in [0.25, 0.3) is 10.9 Å². The van der Waals surface area contributed by atoms with Gasteiger partial charge in [0.15, 0.2) is 0 Å². The molecule has 0 radical (unpaired) electrons. The molecule has 0 unspecified atom stereocenters. The zero-order valence-electron chi connectivity index (χ0n) is 12.1. The Morgan fingerprint density at radius 1 is 1.05 bits per heavy atom. The number of carbonyl (C=O) groups excluding carboxylic acids is 1. The highest BCUT2D eigenvalue weighted by Crippen LogP contribution is 2.16. The Hall–Kier alpha value is -2.26. The van der Waals surface area contributed by atoms with Crippen LogP contribution in [0, 0.1) is 0 Å². The largest absolute Gasteiger partial charge is 0.352 e. The Kier molecular flexibility index (Phi) is 4.45. The van der Waals surface area contributed by atoms with Gasteiger partial charge in [0, 0.05) is 24.8 Å². The van der Waals surface area contributed by atoms with E-state index in [1.807, 2.05) is 24.3 Å². The highest BCUT2D eigenvalue weighted by Gasteiger charge is 2.08. The standard InChI is InChI=1S/C18H17ClN2O/c19-16-8-3-2-7-15(16)18(22)20-11-5-12-21-13-10-14-6-1-4-9-17(14)21/h1-4,6-10,13H,5,11-12H2,(H,20,22). The van der Waals surface area contributed by atoms with Crippen molar-refractivity contribution in [2.45, 2.75) is 13.0 Å². The molecule has 3 aromatic rings. The Labute approximate surface area is 134 Å². The number of halogens is 1. The first-order valence-corrected chi connectivity index (χ1v) is 7.70. The Morgan fingerprint density at radius 3 is 2.68 bits per heavy atom. The van der Waals surface area contributed by atoms with Crippen molar-refractivity contribution in [2.75, 3.05) is 6.54 Å². The van der Waals surface area contributed by atoms with Crippen LogP contribution in [-0.2, 0) is 6.54 Å². The van der Waals surface area contributed by atoms with Crippen LogP contribution >= 0.6 is 11.6 Å². The smallest absolute Gasteiger partial charge is 0.252 e. The predicted octanol–water partition coefficient (Wildman–Crippen LogP) is 4.11. The molecule has 1 aromatic heterocycles. The number of aryl methyl sites for hydroxylation is 1. The van der Waals surface area contributed by atoms with Crippen LogP contribution in [0.3, 0.4) is 0 Å². The van der Waals surface area contributed by atoms with Crippen molar-refractivity contribution in [3.05, 3.63) is 71.4 Å². The summed E-state index contributed by atoms with van der Waals surface area (Å²) in [6.45, 7) is 1.49. The fourth-order valence-electron chi connectivity index (χ4n) is 2.53. The van der Waals surface area contributed by atoms with Gasteiger partial charge in [-0.2, -0.15) is 0 Å². The van der Waals surface area contributed by atoms with Crippen molar-refractivity contribution in [3.63, 3.8) is 0 Å². The molecule has 0 bridgehead atoms. The summed E-state index contributed by atoms with van der Waals surface area (Å²) in [5.74, 6) is -0.122. The molecule has 0 fully saturated rings. The van der Waals surface area contributed by atoms with Crippen LogP contribution in [0.1, 0.15) is 16.8 Å². The molecule has 4 heteroatoms. The monoisotopic (exact) mass is 312 g/mol. The molecular formula is C18H17ClN2O. The minimum Gasteiger partial charge on any atom is -0.352 e. The lowest BCUT2D eigenvalue weighted by Gasteiger charge is -2.08. The first-order valence-electron chi connectivity index (χ1n) is 7.32. The van der Waals surface area contributed by atoms with Crippen LogP contribution in [0.15, 0.2) is 60.8 Å². The number of nitrogens with zero attached hydrogens (tertiary/aromatic N) is 1. The molecule has 0 aliphatic rings. The molecule has 1 amide bonds. The van der Waals surface area contributed by atoms with E-state index >= 15 is 0 Å². The molecule has 3 nitrogen and oxygen atoms in total. The van der Waals surface area contributed by atoms with E-state index in [9.17, 15) is 4.79 Å². The molecule has 0 spiro atoms. The number of benzene rings is 2. The maximum atomic E-state index is 12.0. The number of hydrogen-bond donors (Lipinski definition) is 1.